The molecule has 3 aromatic rings. The molecule has 0 radical (unpaired) electrons. The zero-order valence-electron chi connectivity index (χ0n) is 14.8. The number of anilines is 1. The molecule has 0 atom stereocenters. The largest absolute Gasteiger partial charge is 0.322 e. The average molecular weight is 357 g/mol. The van der Waals surface area contributed by atoms with Gasteiger partial charge in [0, 0.05) is 16.8 Å². The highest BCUT2D eigenvalue weighted by Crippen LogP contribution is 2.12. The van der Waals surface area contributed by atoms with E-state index in [-0.39, 0.29) is 11.8 Å². The van der Waals surface area contributed by atoms with Gasteiger partial charge in [0.15, 0.2) is 0 Å². The number of benzene rings is 3. The fraction of sp³-hybridized carbons (Fsp3) is 0.0455. The first-order chi connectivity index (χ1) is 13.1. The van der Waals surface area contributed by atoms with Crippen molar-refractivity contribution in [1.29, 1.82) is 0 Å². The minimum atomic E-state index is -0.321. The average Bonchev–Trinajstić information content (AvgIpc) is 2.70. The molecule has 0 unspecified atom stereocenters. The Kier molecular flexibility index (Phi) is 5.74. The summed E-state index contributed by atoms with van der Waals surface area (Å²) < 4.78 is 0. The van der Waals surface area contributed by atoms with Crippen molar-refractivity contribution in [1.82, 2.24) is 5.43 Å². The number of hydrogen-bond donors (Lipinski definition) is 2. The van der Waals surface area contributed by atoms with Crippen molar-refractivity contribution in [2.75, 3.05) is 5.32 Å². The number of nitrogens with one attached hydrogen (secondary N) is 2. The second-order valence-electron chi connectivity index (χ2n) is 6.01. The smallest absolute Gasteiger partial charge is 0.271 e. The first kappa shape index (κ1) is 18.1. The normalized spacial score (nSPS) is 10.6. The summed E-state index contributed by atoms with van der Waals surface area (Å²) in [7, 11) is 0. The zero-order chi connectivity index (χ0) is 19.1. The lowest BCUT2D eigenvalue weighted by Crippen LogP contribution is -2.17. The fourth-order valence-corrected chi connectivity index (χ4v) is 2.38. The zero-order valence-corrected chi connectivity index (χ0v) is 14.8. The second-order valence-corrected chi connectivity index (χ2v) is 6.01. The van der Waals surface area contributed by atoms with Crippen LogP contribution in [0.1, 0.15) is 31.8 Å². The summed E-state index contributed by atoms with van der Waals surface area (Å²) in [6, 6.07) is 23.4. The van der Waals surface area contributed by atoms with Gasteiger partial charge in [-0.2, -0.15) is 5.10 Å². The molecular weight excluding hydrogens is 338 g/mol. The van der Waals surface area contributed by atoms with Crippen LogP contribution in [0.3, 0.4) is 0 Å². The van der Waals surface area contributed by atoms with E-state index in [1.54, 1.807) is 42.6 Å². The molecule has 2 N–H and O–H groups in total. The molecule has 3 rings (SSSR count). The number of carbonyl (C=O) groups excluding carboxylic acids is 2. The quantitative estimate of drug-likeness (QED) is 0.535. The van der Waals surface area contributed by atoms with Crippen LogP contribution in [0.15, 0.2) is 84.0 Å². The molecule has 5 heteroatoms. The summed E-state index contributed by atoms with van der Waals surface area (Å²) in [4.78, 5) is 24.3. The van der Waals surface area contributed by atoms with Gasteiger partial charge >= 0.3 is 0 Å². The van der Waals surface area contributed by atoms with Crippen molar-refractivity contribution >= 4 is 23.7 Å². The monoisotopic (exact) mass is 357 g/mol. The molecule has 0 bridgehead atoms. The van der Waals surface area contributed by atoms with Crippen LogP contribution in [0, 0.1) is 6.92 Å². The molecule has 0 aliphatic carbocycles. The van der Waals surface area contributed by atoms with Gasteiger partial charge in [-0.3, -0.25) is 9.59 Å². The van der Waals surface area contributed by atoms with Crippen molar-refractivity contribution in [2.45, 2.75) is 6.92 Å². The van der Waals surface area contributed by atoms with E-state index in [1.165, 1.54) is 0 Å². The first-order valence-electron chi connectivity index (χ1n) is 8.48. The molecule has 0 fully saturated rings. The molecule has 0 saturated carbocycles. The molecule has 3 aromatic carbocycles. The molecule has 0 aromatic heterocycles. The summed E-state index contributed by atoms with van der Waals surface area (Å²) in [5.41, 5.74) is 6.12. The van der Waals surface area contributed by atoms with Crippen molar-refractivity contribution in [3.8, 4) is 0 Å². The van der Waals surface area contributed by atoms with Crippen LogP contribution in [0.25, 0.3) is 0 Å². The van der Waals surface area contributed by atoms with Crippen LogP contribution in [0.4, 0.5) is 5.69 Å². The van der Waals surface area contributed by atoms with Crippen LogP contribution >= 0.6 is 0 Å². The lowest BCUT2D eigenvalue weighted by Gasteiger charge is -2.06. The number of rotatable bonds is 5. The summed E-state index contributed by atoms with van der Waals surface area (Å²) in [6.45, 7) is 1.97. The maximum absolute atomic E-state index is 12.2. The Morgan fingerprint density at radius 1 is 0.778 bits per heavy atom. The molecular formula is C22H19N3O2. The predicted octanol–water partition coefficient (Wildman–Crippen LogP) is 4.01. The number of hydrogen-bond acceptors (Lipinski definition) is 3. The Morgan fingerprint density at radius 3 is 2.04 bits per heavy atom. The second kappa shape index (κ2) is 8.58. The van der Waals surface area contributed by atoms with Gasteiger partial charge in [0.05, 0.1) is 6.21 Å². The summed E-state index contributed by atoms with van der Waals surface area (Å²) in [5, 5.41) is 6.75. The van der Waals surface area contributed by atoms with Gasteiger partial charge in [-0.15, -0.1) is 0 Å². The lowest BCUT2D eigenvalue weighted by atomic mass is 10.1. The molecule has 27 heavy (non-hydrogen) atoms. The Labute approximate surface area is 157 Å². The van der Waals surface area contributed by atoms with E-state index in [9.17, 15) is 9.59 Å². The predicted molar refractivity (Wildman–Crippen MR) is 107 cm³/mol. The van der Waals surface area contributed by atoms with E-state index >= 15 is 0 Å². The van der Waals surface area contributed by atoms with Crippen LogP contribution in [0.5, 0.6) is 0 Å². The van der Waals surface area contributed by atoms with Crippen LogP contribution in [-0.4, -0.2) is 18.0 Å². The molecule has 0 heterocycles. The van der Waals surface area contributed by atoms with Gasteiger partial charge in [-0.25, -0.2) is 5.43 Å². The van der Waals surface area contributed by atoms with Crippen molar-refractivity contribution in [3.05, 3.63) is 101 Å². The molecule has 0 spiro atoms. The molecule has 2 amide bonds. The Morgan fingerprint density at radius 2 is 1.37 bits per heavy atom. The number of nitrogens with zero attached hydrogens (tertiary/aromatic N) is 1. The van der Waals surface area contributed by atoms with Crippen molar-refractivity contribution in [3.63, 3.8) is 0 Å². The Balaban J connectivity index is 1.57. The number of hydrazone groups is 1. The number of amides is 2. The minimum Gasteiger partial charge on any atom is -0.322 e. The SMILES string of the molecule is Cc1ccc(C(=O)Nc2ccc(C(=O)N/N=C\c3ccccc3)cc2)cc1. The Hall–Kier alpha value is -3.73. The van der Waals surface area contributed by atoms with Crippen LogP contribution in [-0.2, 0) is 0 Å². The maximum Gasteiger partial charge on any atom is 0.271 e. The van der Waals surface area contributed by atoms with Gasteiger partial charge in [0.1, 0.15) is 0 Å². The molecule has 0 aliphatic rings. The van der Waals surface area contributed by atoms with E-state index < -0.39 is 0 Å². The lowest BCUT2D eigenvalue weighted by molar-refractivity contribution is 0.0954. The van der Waals surface area contributed by atoms with Gasteiger partial charge in [-0.1, -0.05) is 48.0 Å². The summed E-state index contributed by atoms with van der Waals surface area (Å²) >= 11 is 0. The standard InChI is InChI=1S/C22H19N3O2/c1-16-7-9-18(10-8-16)21(26)24-20-13-11-19(12-14-20)22(27)25-23-15-17-5-3-2-4-6-17/h2-15H,1H3,(H,24,26)(H,25,27)/b23-15-. The Bertz CT molecular complexity index is 947. The van der Waals surface area contributed by atoms with E-state index in [2.05, 4.69) is 15.8 Å². The van der Waals surface area contributed by atoms with E-state index in [0.29, 0.717) is 16.8 Å². The fourth-order valence-electron chi connectivity index (χ4n) is 2.38. The highest BCUT2D eigenvalue weighted by molar-refractivity contribution is 6.04. The first-order valence-corrected chi connectivity index (χ1v) is 8.48. The van der Waals surface area contributed by atoms with Crippen molar-refractivity contribution < 1.29 is 9.59 Å². The third-order valence-electron chi connectivity index (χ3n) is 3.90. The maximum atomic E-state index is 12.2. The van der Waals surface area contributed by atoms with Crippen molar-refractivity contribution in [2.24, 2.45) is 5.10 Å². The molecule has 134 valence electrons. The number of carbonyl (C=O) groups is 2. The molecule has 0 aliphatic heterocycles. The highest BCUT2D eigenvalue weighted by atomic mass is 16.2. The van der Waals surface area contributed by atoms with Crippen LogP contribution in [0.2, 0.25) is 0 Å². The summed E-state index contributed by atoms with van der Waals surface area (Å²) in [6.07, 6.45) is 1.58. The summed E-state index contributed by atoms with van der Waals surface area (Å²) in [5.74, 6) is -0.516. The van der Waals surface area contributed by atoms with Gasteiger partial charge in [-0.05, 0) is 48.9 Å². The topological polar surface area (TPSA) is 70.6 Å². The van der Waals surface area contributed by atoms with Gasteiger partial charge < -0.3 is 5.32 Å². The molecule has 5 nitrogen and oxygen atoms in total. The third kappa shape index (κ3) is 5.12. The van der Waals surface area contributed by atoms with Gasteiger partial charge in [0.25, 0.3) is 11.8 Å². The van der Waals surface area contributed by atoms with E-state index in [0.717, 1.165) is 11.1 Å². The minimum absolute atomic E-state index is 0.195. The third-order valence-corrected chi connectivity index (χ3v) is 3.90. The van der Waals surface area contributed by atoms with E-state index in [1.807, 2.05) is 49.4 Å². The van der Waals surface area contributed by atoms with E-state index in [4.69, 9.17) is 0 Å². The highest BCUT2D eigenvalue weighted by Gasteiger charge is 2.07. The number of aryl methyl sites for hydroxylation is 1. The molecule has 0 saturated heterocycles. The van der Waals surface area contributed by atoms with Gasteiger partial charge in [0.2, 0.25) is 0 Å². The van der Waals surface area contributed by atoms with Crippen LogP contribution < -0.4 is 10.7 Å².